The summed E-state index contributed by atoms with van der Waals surface area (Å²) in [5.74, 6) is 0.0907. The molecular weight excluding hydrogens is 284 g/mol. The van der Waals surface area contributed by atoms with Crippen LogP contribution >= 0.6 is 11.3 Å². The van der Waals surface area contributed by atoms with E-state index < -0.39 is 0 Å². The van der Waals surface area contributed by atoms with E-state index in [1.165, 1.54) is 4.88 Å². The molecular formula is C15H20N4OS. The summed E-state index contributed by atoms with van der Waals surface area (Å²) in [7, 11) is 1.86. The van der Waals surface area contributed by atoms with Gasteiger partial charge in [-0.2, -0.15) is 0 Å². The quantitative estimate of drug-likeness (QED) is 0.869. The molecule has 0 aliphatic carbocycles. The van der Waals surface area contributed by atoms with Gasteiger partial charge in [-0.3, -0.25) is 9.69 Å². The highest BCUT2D eigenvalue weighted by Gasteiger charge is 2.22. The van der Waals surface area contributed by atoms with Gasteiger partial charge < -0.3 is 9.47 Å². The highest BCUT2D eigenvalue weighted by molar-refractivity contribution is 7.09. The Bertz CT molecular complexity index is 593. The molecule has 2 aromatic rings. The molecule has 3 rings (SSSR count). The number of rotatable bonds is 3. The zero-order valence-electron chi connectivity index (χ0n) is 12.2. The molecule has 112 valence electrons. The first-order valence-electron chi connectivity index (χ1n) is 7.24. The van der Waals surface area contributed by atoms with Crippen LogP contribution < -0.4 is 0 Å². The number of hydrogen-bond donors (Lipinski definition) is 0. The summed E-state index contributed by atoms with van der Waals surface area (Å²) >= 11 is 1.80. The lowest BCUT2D eigenvalue weighted by atomic mass is 10.3. The average molecular weight is 304 g/mol. The van der Waals surface area contributed by atoms with Crippen LogP contribution in [-0.2, 0) is 13.6 Å². The minimum absolute atomic E-state index is 0.0907. The molecule has 0 aromatic carbocycles. The van der Waals surface area contributed by atoms with Crippen LogP contribution in [0.5, 0.6) is 0 Å². The highest BCUT2D eigenvalue weighted by Crippen LogP contribution is 2.14. The first kappa shape index (κ1) is 14.3. The maximum absolute atomic E-state index is 12.5. The number of thiophene rings is 1. The smallest absolute Gasteiger partial charge is 0.272 e. The van der Waals surface area contributed by atoms with Crippen molar-refractivity contribution in [2.24, 2.45) is 7.05 Å². The van der Waals surface area contributed by atoms with Crippen molar-refractivity contribution in [1.29, 1.82) is 0 Å². The van der Waals surface area contributed by atoms with Gasteiger partial charge in [-0.15, -0.1) is 11.3 Å². The zero-order valence-corrected chi connectivity index (χ0v) is 13.1. The van der Waals surface area contributed by atoms with Gasteiger partial charge in [0.05, 0.1) is 12.5 Å². The van der Waals surface area contributed by atoms with Crippen LogP contribution in [0.4, 0.5) is 0 Å². The molecule has 1 amide bonds. The fraction of sp³-hybridized carbons (Fsp3) is 0.467. The Morgan fingerprint density at radius 3 is 2.95 bits per heavy atom. The number of amides is 1. The molecule has 1 fully saturated rings. The van der Waals surface area contributed by atoms with Crippen molar-refractivity contribution in [3.8, 4) is 0 Å². The van der Waals surface area contributed by atoms with Gasteiger partial charge in [0.25, 0.3) is 5.91 Å². The Balaban J connectivity index is 1.60. The van der Waals surface area contributed by atoms with Gasteiger partial charge in [0.2, 0.25) is 0 Å². The van der Waals surface area contributed by atoms with Crippen LogP contribution in [0.1, 0.15) is 21.8 Å². The lowest BCUT2D eigenvalue weighted by molar-refractivity contribution is 0.0751. The van der Waals surface area contributed by atoms with Crippen LogP contribution in [0.2, 0.25) is 0 Å². The Labute approximate surface area is 128 Å². The first-order chi connectivity index (χ1) is 10.2. The maximum Gasteiger partial charge on any atom is 0.272 e. The van der Waals surface area contributed by atoms with Crippen molar-refractivity contribution >= 4 is 17.2 Å². The predicted molar refractivity (Wildman–Crippen MR) is 83.3 cm³/mol. The third kappa shape index (κ3) is 3.33. The van der Waals surface area contributed by atoms with Crippen LogP contribution in [0.15, 0.2) is 30.0 Å². The number of carbonyl (C=O) groups excluding carboxylic acids is 1. The highest BCUT2D eigenvalue weighted by atomic mass is 32.1. The summed E-state index contributed by atoms with van der Waals surface area (Å²) < 4.78 is 1.79. The summed E-state index contributed by atoms with van der Waals surface area (Å²) in [5.41, 5.74) is 0.668. The van der Waals surface area contributed by atoms with Gasteiger partial charge in [0, 0.05) is 44.6 Å². The largest absolute Gasteiger partial charge is 0.336 e. The van der Waals surface area contributed by atoms with E-state index in [-0.39, 0.29) is 5.91 Å². The summed E-state index contributed by atoms with van der Waals surface area (Å²) in [6, 6.07) is 4.27. The molecule has 0 atom stereocenters. The molecule has 5 nitrogen and oxygen atoms in total. The second-order valence-electron chi connectivity index (χ2n) is 5.39. The predicted octanol–water partition coefficient (Wildman–Crippen LogP) is 1.83. The minimum atomic E-state index is 0.0907. The molecule has 6 heteroatoms. The molecule has 0 spiro atoms. The van der Waals surface area contributed by atoms with Crippen molar-refractivity contribution in [3.63, 3.8) is 0 Å². The maximum atomic E-state index is 12.5. The van der Waals surface area contributed by atoms with Crippen LogP contribution in [0, 0.1) is 0 Å². The summed E-state index contributed by atoms with van der Waals surface area (Å²) in [4.78, 5) is 22.3. The van der Waals surface area contributed by atoms with E-state index in [4.69, 9.17) is 0 Å². The Morgan fingerprint density at radius 1 is 1.33 bits per heavy atom. The molecule has 3 heterocycles. The van der Waals surface area contributed by atoms with Gasteiger partial charge in [-0.25, -0.2) is 4.98 Å². The first-order valence-corrected chi connectivity index (χ1v) is 8.12. The molecule has 0 unspecified atom stereocenters. The van der Waals surface area contributed by atoms with E-state index in [2.05, 4.69) is 27.4 Å². The molecule has 1 saturated heterocycles. The SMILES string of the molecule is Cn1cncc1C(=O)N1CCCN(Cc2cccs2)CC1. The van der Waals surface area contributed by atoms with Gasteiger partial charge in [-0.05, 0) is 17.9 Å². The van der Waals surface area contributed by atoms with E-state index in [0.717, 1.165) is 39.1 Å². The topological polar surface area (TPSA) is 41.4 Å². The van der Waals surface area contributed by atoms with E-state index >= 15 is 0 Å². The van der Waals surface area contributed by atoms with E-state index in [0.29, 0.717) is 5.69 Å². The third-order valence-electron chi connectivity index (χ3n) is 3.87. The van der Waals surface area contributed by atoms with Crippen molar-refractivity contribution in [3.05, 3.63) is 40.6 Å². The second-order valence-corrected chi connectivity index (χ2v) is 6.42. The van der Waals surface area contributed by atoms with Crippen molar-refractivity contribution in [2.75, 3.05) is 26.2 Å². The summed E-state index contributed by atoms with van der Waals surface area (Å²) in [5, 5.41) is 2.12. The molecule has 2 aromatic heterocycles. The van der Waals surface area contributed by atoms with E-state index in [1.807, 2.05) is 11.9 Å². The number of aromatic nitrogens is 2. The number of imidazole rings is 1. The summed E-state index contributed by atoms with van der Waals surface area (Å²) in [6.45, 7) is 4.58. The number of aryl methyl sites for hydroxylation is 1. The Morgan fingerprint density at radius 2 is 2.24 bits per heavy atom. The van der Waals surface area contributed by atoms with E-state index in [9.17, 15) is 4.79 Å². The van der Waals surface area contributed by atoms with Crippen molar-refractivity contribution in [2.45, 2.75) is 13.0 Å². The lowest BCUT2D eigenvalue weighted by Crippen LogP contribution is -2.35. The molecule has 0 N–H and O–H groups in total. The second kappa shape index (κ2) is 6.41. The molecule has 1 aliphatic rings. The van der Waals surface area contributed by atoms with Gasteiger partial charge in [0.15, 0.2) is 0 Å². The van der Waals surface area contributed by atoms with Gasteiger partial charge in [0.1, 0.15) is 5.69 Å². The lowest BCUT2D eigenvalue weighted by Gasteiger charge is -2.21. The number of nitrogens with zero attached hydrogens (tertiary/aromatic N) is 4. The van der Waals surface area contributed by atoms with Crippen LogP contribution in [-0.4, -0.2) is 51.4 Å². The fourth-order valence-corrected chi connectivity index (χ4v) is 3.43. The van der Waals surface area contributed by atoms with Gasteiger partial charge >= 0.3 is 0 Å². The molecule has 1 aliphatic heterocycles. The normalized spacial score (nSPS) is 16.9. The number of carbonyl (C=O) groups is 1. The monoisotopic (exact) mass is 304 g/mol. The van der Waals surface area contributed by atoms with E-state index in [1.54, 1.807) is 28.4 Å². The van der Waals surface area contributed by atoms with Crippen molar-refractivity contribution < 1.29 is 4.79 Å². The standard InChI is InChI=1S/C15H20N4OS/c1-17-12-16-10-14(17)15(20)19-6-3-5-18(7-8-19)11-13-4-2-9-21-13/h2,4,9-10,12H,3,5-8,11H2,1H3. The zero-order chi connectivity index (χ0) is 14.7. The fourth-order valence-electron chi connectivity index (χ4n) is 2.68. The number of hydrogen-bond acceptors (Lipinski definition) is 4. The molecule has 0 saturated carbocycles. The Hall–Kier alpha value is -1.66. The Kier molecular flexibility index (Phi) is 4.36. The average Bonchev–Trinajstić information content (AvgIpc) is 3.07. The summed E-state index contributed by atoms with van der Waals surface area (Å²) in [6.07, 6.45) is 4.35. The molecule has 0 bridgehead atoms. The van der Waals surface area contributed by atoms with Crippen LogP contribution in [0.25, 0.3) is 0 Å². The minimum Gasteiger partial charge on any atom is -0.336 e. The van der Waals surface area contributed by atoms with Crippen LogP contribution in [0.3, 0.4) is 0 Å². The molecule has 21 heavy (non-hydrogen) atoms. The van der Waals surface area contributed by atoms with Gasteiger partial charge in [-0.1, -0.05) is 6.07 Å². The third-order valence-corrected chi connectivity index (χ3v) is 4.73. The van der Waals surface area contributed by atoms with Crippen molar-refractivity contribution in [1.82, 2.24) is 19.4 Å². The molecule has 0 radical (unpaired) electrons.